The maximum Gasteiger partial charge on any atom is 0.172 e. The first kappa shape index (κ1) is 20.9. The van der Waals surface area contributed by atoms with Gasteiger partial charge in [-0.2, -0.15) is 0 Å². The SMILES string of the molecule is CCCCCCCCCCC(NCC)C(OCC)OCC. The van der Waals surface area contributed by atoms with E-state index in [4.69, 9.17) is 9.47 Å². The maximum absolute atomic E-state index is 5.73. The minimum absolute atomic E-state index is 0.0931. The van der Waals surface area contributed by atoms with E-state index in [1.54, 1.807) is 0 Å². The van der Waals surface area contributed by atoms with E-state index in [9.17, 15) is 0 Å². The molecule has 0 saturated heterocycles. The van der Waals surface area contributed by atoms with Crippen LogP contribution in [0.4, 0.5) is 0 Å². The highest BCUT2D eigenvalue weighted by Gasteiger charge is 2.20. The molecule has 21 heavy (non-hydrogen) atoms. The number of rotatable bonds is 16. The predicted molar refractivity (Wildman–Crippen MR) is 91.7 cm³/mol. The molecule has 0 aliphatic rings. The van der Waals surface area contributed by atoms with E-state index in [-0.39, 0.29) is 6.29 Å². The van der Waals surface area contributed by atoms with Gasteiger partial charge in [-0.15, -0.1) is 0 Å². The molecule has 0 aliphatic heterocycles. The van der Waals surface area contributed by atoms with E-state index in [2.05, 4.69) is 19.2 Å². The molecule has 0 saturated carbocycles. The van der Waals surface area contributed by atoms with Crippen molar-refractivity contribution in [2.45, 2.75) is 97.8 Å². The Morgan fingerprint density at radius 2 is 1.24 bits per heavy atom. The van der Waals surface area contributed by atoms with Crippen molar-refractivity contribution in [3.05, 3.63) is 0 Å². The summed E-state index contributed by atoms with van der Waals surface area (Å²) in [6, 6.07) is 0.329. The minimum atomic E-state index is -0.0931. The van der Waals surface area contributed by atoms with Crippen LogP contribution in [0.5, 0.6) is 0 Å². The first-order valence-corrected chi connectivity index (χ1v) is 9.26. The topological polar surface area (TPSA) is 30.5 Å². The van der Waals surface area contributed by atoms with Gasteiger partial charge in [0.25, 0.3) is 0 Å². The van der Waals surface area contributed by atoms with Crippen molar-refractivity contribution in [2.24, 2.45) is 0 Å². The number of ether oxygens (including phenoxy) is 2. The minimum Gasteiger partial charge on any atom is -0.351 e. The van der Waals surface area contributed by atoms with Crippen LogP contribution in [0.15, 0.2) is 0 Å². The van der Waals surface area contributed by atoms with Crippen LogP contribution in [-0.4, -0.2) is 32.1 Å². The van der Waals surface area contributed by atoms with E-state index >= 15 is 0 Å². The molecular formula is C18H39NO2. The lowest BCUT2D eigenvalue weighted by Gasteiger charge is -2.27. The average molecular weight is 302 g/mol. The summed E-state index contributed by atoms with van der Waals surface area (Å²) in [7, 11) is 0. The van der Waals surface area contributed by atoms with Crippen LogP contribution < -0.4 is 5.32 Å². The zero-order valence-electron chi connectivity index (χ0n) is 15.0. The molecule has 1 unspecified atom stereocenters. The highest BCUT2D eigenvalue weighted by Crippen LogP contribution is 2.14. The highest BCUT2D eigenvalue weighted by atomic mass is 16.7. The van der Waals surface area contributed by atoms with Gasteiger partial charge in [0.15, 0.2) is 6.29 Å². The zero-order chi connectivity index (χ0) is 15.8. The van der Waals surface area contributed by atoms with Gasteiger partial charge in [-0.25, -0.2) is 0 Å². The van der Waals surface area contributed by atoms with E-state index in [0.29, 0.717) is 19.3 Å². The fraction of sp³-hybridized carbons (Fsp3) is 1.00. The zero-order valence-corrected chi connectivity index (χ0v) is 15.0. The molecule has 0 spiro atoms. The van der Waals surface area contributed by atoms with Crippen LogP contribution in [0.3, 0.4) is 0 Å². The van der Waals surface area contributed by atoms with Crippen molar-refractivity contribution in [1.82, 2.24) is 5.32 Å². The summed E-state index contributed by atoms with van der Waals surface area (Å²) in [6.07, 6.45) is 12.0. The van der Waals surface area contributed by atoms with Gasteiger partial charge in [-0.05, 0) is 26.8 Å². The van der Waals surface area contributed by atoms with Crippen LogP contribution in [0.25, 0.3) is 0 Å². The monoisotopic (exact) mass is 301 g/mol. The summed E-state index contributed by atoms with van der Waals surface area (Å²) >= 11 is 0. The lowest BCUT2D eigenvalue weighted by molar-refractivity contribution is -0.155. The van der Waals surface area contributed by atoms with E-state index < -0.39 is 0 Å². The molecule has 1 atom stereocenters. The van der Waals surface area contributed by atoms with Crippen LogP contribution in [0.2, 0.25) is 0 Å². The first-order chi connectivity index (χ1) is 10.3. The Morgan fingerprint density at radius 3 is 1.71 bits per heavy atom. The highest BCUT2D eigenvalue weighted by molar-refractivity contribution is 4.70. The summed E-state index contributed by atoms with van der Waals surface area (Å²) in [4.78, 5) is 0. The van der Waals surface area contributed by atoms with Crippen molar-refractivity contribution >= 4 is 0 Å². The van der Waals surface area contributed by atoms with Gasteiger partial charge in [0.2, 0.25) is 0 Å². The van der Waals surface area contributed by atoms with Gasteiger partial charge in [0.05, 0.1) is 6.04 Å². The van der Waals surface area contributed by atoms with Gasteiger partial charge >= 0.3 is 0 Å². The van der Waals surface area contributed by atoms with E-state index in [1.165, 1.54) is 51.4 Å². The number of nitrogens with one attached hydrogen (secondary N) is 1. The van der Waals surface area contributed by atoms with E-state index in [1.807, 2.05) is 13.8 Å². The smallest absolute Gasteiger partial charge is 0.172 e. The van der Waals surface area contributed by atoms with Crippen molar-refractivity contribution in [2.75, 3.05) is 19.8 Å². The molecule has 1 N–H and O–H groups in total. The number of likely N-dealkylation sites (N-methyl/N-ethyl adjacent to an activating group) is 1. The molecule has 0 aromatic rings. The summed E-state index contributed by atoms with van der Waals surface area (Å²) < 4.78 is 11.5. The molecule has 0 bridgehead atoms. The third-order valence-electron chi connectivity index (χ3n) is 3.83. The summed E-state index contributed by atoms with van der Waals surface area (Å²) in [5.74, 6) is 0. The first-order valence-electron chi connectivity index (χ1n) is 9.26. The number of hydrogen-bond donors (Lipinski definition) is 1. The summed E-state index contributed by atoms with van der Waals surface area (Å²) in [6.45, 7) is 10.9. The Balaban J connectivity index is 3.81. The molecule has 0 heterocycles. The molecule has 0 rings (SSSR count). The molecule has 128 valence electrons. The van der Waals surface area contributed by atoms with Gasteiger partial charge < -0.3 is 14.8 Å². The molecule has 0 aromatic carbocycles. The van der Waals surface area contributed by atoms with Crippen LogP contribution in [-0.2, 0) is 9.47 Å². The second-order valence-corrected chi connectivity index (χ2v) is 5.71. The van der Waals surface area contributed by atoms with Crippen molar-refractivity contribution in [1.29, 1.82) is 0 Å². The van der Waals surface area contributed by atoms with Crippen molar-refractivity contribution < 1.29 is 9.47 Å². The molecule has 0 aliphatic carbocycles. The third kappa shape index (κ3) is 12.1. The van der Waals surface area contributed by atoms with Gasteiger partial charge in [-0.1, -0.05) is 65.2 Å². The largest absolute Gasteiger partial charge is 0.351 e. The summed E-state index contributed by atoms with van der Waals surface area (Å²) in [5.41, 5.74) is 0. The quantitative estimate of drug-likeness (QED) is 0.325. The Labute approximate surface area is 133 Å². The number of unbranched alkanes of at least 4 members (excludes halogenated alkanes) is 7. The van der Waals surface area contributed by atoms with Crippen LogP contribution in [0, 0.1) is 0 Å². The Morgan fingerprint density at radius 1 is 0.714 bits per heavy atom. The Hall–Kier alpha value is -0.120. The maximum atomic E-state index is 5.73. The Bertz CT molecular complexity index is 194. The summed E-state index contributed by atoms with van der Waals surface area (Å²) in [5, 5.41) is 3.52. The van der Waals surface area contributed by atoms with Crippen LogP contribution in [0.1, 0.15) is 85.5 Å². The van der Waals surface area contributed by atoms with Crippen LogP contribution >= 0.6 is 0 Å². The average Bonchev–Trinajstić information content (AvgIpc) is 2.48. The molecule has 3 heteroatoms. The molecule has 0 radical (unpaired) electrons. The van der Waals surface area contributed by atoms with Gasteiger partial charge in [0.1, 0.15) is 0 Å². The lowest BCUT2D eigenvalue weighted by Crippen LogP contribution is -2.43. The van der Waals surface area contributed by atoms with E-state index in [0.717, 1.165) is 13.0 Å². The fourth-order valence-corrected chi connectivity index (χ4v) is 2.70. The van der Waals surface area contributed by atoms with Crippen molar-refractivity contribution in [3.8, 4) is 0 Å². The fourth-order valence-electron chi connectivity index (χ4n) is 2.70. The lowest BCUT2D eigenvalue weighted by atomic mass is 10.0. The normalized spacial score (nSPS) is 13.0. The molecule has 3 nitrogen and oxygen atoms in total. The number of hydrogen-bond acceptors (Lipinski definition) is 3. The second-order valence-electron chi connectivity index (χ2n) is 5.71. The Kier molecular flexibility index (Phi) is 16.2. The van der Waals surface area contributed by atoms with Crippen molar-refractivity contribution in [3.63, 3.8) is 0 Å². The van der Waals surface area contributed by atoms with Gasteiger partial charge in [0, 0.05) is 13.2 Å². The standard InChI is InChI=1S/C18H39NO2/c1-5-9-10-11-12-13-14-15-16-17(19-6-2)18(20-7-3)21-8-4/h17-19H,5-16H2,1-4H3. The third-order valence-corrected chi connectivity index (χ3v) is 3.83. The van der Waals surface area contributed by atoms with Gasteiger partial charge in [-0.3, -0.25) is 0 Å². The molecule has 0 fully saturated rings. The molecular weight excluding hydrogens is 262 g/mol. The predicted octanol–water partition coefficient (Wildman–Crippen LogP) is 4.89. The molecule has 0 amide bonds. The second kappa shape index (κ2) is 16.3. The molecule has 0 aromatic heterocycles.